The Bertz CT molecular complexity index is 377. The van der Waals surface area contributed by atoms with Crippen LogP contribution in [0.5, 0.6) is 0 Å². The number of hydrogen-bond acceptors (Lipinski definition) is 2. The van der Waals surface area contributed by atoms with Gasteiger partial charge in [-0.2, -0.15) is 0 Å². The minimum atomic E-state index is -0.263. The van der Waals surface area contributed by atoms with E-state index in [-0.39, 0.29) is 11.6 Å². The second-order valence-electron chi connectivity index (χ2n) is 7.30. The van der Waals surface area contributed by atoms with Gasteiger partial charge in [-0.1, -0.05) is 25.0 Å². The quantitative estimate of drug-likeness (QED) is 0.563. The minimum Gasteiger partial charge on any atom is -0.459 e. The molecule has 0 aliphatic heterocycles. The van der Waals surface area contributed by atoms with Crippen LogP contribution < -0.4 is 0 Å². The highest BCUT2D eigenvalue weighted by atomic mass is 16.6. The monoisotopic (exact) mass is 262 g/mol. The summed E-state index contributed by atoms with van der Waals surface area (Å²) >= 11 is 0. The average molecular weight is 262 g/mol. The van der Waals surface area contributed by atoms with E-state index in [4.69, 9.17) is 4.74 Å². The van der Waals surface area contributed by atoms with Crippen LogP contribution in [0.4, 0.5) is 0 Å². The molecule has 0 heterocycles. The molecule has 0 saturated heterocycles. The van der Waals surface area contributed by atoms with Crippen LogP contribution in [-0.4, -0.2) is 11.6 Å². The van der Waals surface area contributed by atoms with Crippen molar-refractivity contribution in [2.24, 2.45) is 23.7 Å². The maximum Gasteiger partial charge on any atom is 0.306 e. The number of allylic oxidation sites excluding steroid dienone is 2. The zero-order valence-electron chi connectivity index (χ0n) is 12.2. The number of esters is 1. The van der Waals surface area contributed by atoms with Gasteiger partial charge >= 0.3 is 5.97 Å². The summed E-state index contributed by atoms with van der Waals surface area (Å²) in [7, 11) is 0. The van der Waals surface area contributed by atoms with E-state index in [9.17, 15) is 4.79 Å². The second-order valence-corrected chi connectivity index (χ2v) is 7.30. The molecule has 3 atom stereocenters. The van der Waals surface area contributed by atoms with E-state index >= 15 is 0 Å². The molecule has 3 aliphatic carbocycles. The molecule has 2 nitrogen and oxygen atoms in total. The predicted molar refractivity (Wildman–Crippen MR) is 75.6 cm³/mol. The Kier molecular flexibility index (Phi) is 3.44. The molecule has 3 unspecified atom stereocenters. The van der Waals surface area contributed by atoms with Gasteiger partial charge < -0.3 is 4.74 Å². The molecule has 106 valence electrons. The van der Waals surface area contributed by atoms with Gasteiger partial charge in [0.25, 0.3) is 0 Å². The van der Waals surface area contributed by atoms with Crippen molar-refractivity contribution in [3.8, 4) is 0 Å². The molecule has 0 aromatic carbocycles. The Morgan fingerprint density at radius 1 is 1.21 bits per heavy atom. The topological polar surface area (TPSA) is 26.3 Å². The standard InChI is InChI=1S/C17H26O2/c1-17(2,15-5-3-4-6-15)19-16(18)11-14-10-12-7-8-13(14)9-12/h7-8,12-15H,3-6,9-11H2,1-2H3. The summed E-state index contributed by atoms with van der Waals surface area (Å²) in [5, 5.41) is 0. The lowest BCUT2D eigenvalue weighted by molar-refractivity contribution is -0.162. The van der Waals surface area contributed by atoms with Crippen molar-refractivity contribution in [1.29, 1.82) is 0 Å². The van der Waals surface area contributed by atoms with Gasteiger partial charge in [-0.05, 0) is 63.2 Å². The highest BCUT2D eigenvalue weighted by Gasteiger charge is 2.39. The Morgan fingerprint density at radius 3 is 2.53 bits per heavy atom. The zero-order chi connectivity index (χ0) is 13.5. The number of hydrogen-bond donors (Lipinski definition) is 0. The Balaban J connectivity index is 1.52. The van der Waals surface area contributed by atoms with Gasteiger partial charge in [-0.25, -0.2) is 0 Å². The van der Waals surface area contributed by atoms with Crippen molar-refractivity contribution < 1.29 is 9.53 Å². The average Bonchev–Trinajstić information content (AvgIpc) is 3.05. The zero-order valence-corrected chi connectivity index (χ0v) is 12.2. The normalized spacial score (nSPS) is 34.1. The highest BCUT2D eigenvalue weighted by Crippen LogP contribution is 2.45. The summed E-state index contributed by atoms with van der Waals surface area (Å²) in [4.78, 5) is 12.2. The Labute approximate surface area is 116 Å². The first-order valence-corrected chi connectivity index (χ1v) is 7.95. The van der Waals surface area contributed by atoms with Gasteiger partial charge in [0.1, 0.15) is 5.60 Å². The number of rotatable bonds is 4. The summed E-state index contributed by atoms with van der Waals surface area (Å²) in [6.45, 7) is 4.20. The van der Waals surface area contributed by atoms with E-state index in [1.165, 1.54) is 38.5 Å². The first-order valence-electron chi connectivity index (χ1n) is 7.95. The van der Waals surface area contributed by atoms with E-state index in [0.29, 0.717) is 24.2 Å². The molecule has 19 heavy (non-hydrogen) atoms. The number of carbonyl (C=O) groups excluding carboxylic acids is 1. The van der Waals surface area contributed by atoms with E-state index < -0.39 is 0 Å². The lowest BCUT2D eigenvalue weighted by atomic mass is 9.88. The van der Waals surface area contributed by atoms with E-state index in [0.717, 1.165) is 5.92 Å². The van der Waals surface area contributed by atoms with Crippen LogP contribution in [0.1, 0.15) is 58.8 Å². The fraction of sp³-hybridized carbons (Fsp3) is 0.824. The van der Waals surface area contributed by atoms with Crippen molar-refractivity contribution in [1.82, 2.24) is 0 Å². The van der Waals surface area contributed by atoms with Gasteiger partial charge in [0.15, 0.2) is 0 Å². The number of carbonyl (C=O) groups is 1. The Hall–Kier alpha value is -0.790. The van der Waals surface area contributed by atoms with Gasteiger partial charge in [-0.15, -0.1) is 0 Å². The lowest BCUT2D eigenvalue weighted by Gasteiger charge is -2.32. The molecule has 2 heteroatoms. The van der Waals surface area contributed by atoms with E-state index in [2.05, 4.69) is 26.0 Å². The third-order valence-corrected chi connectivity index (χ3v) is 5.56. The molecule has 0 radical (unpaired) electrons. The van der Waals surface area contributed by atoms with Crippen molar-refractivity contribution in [3.05, 3.63) is 12.2 Å². The van der Waals surface area contributed by atoms with Gasteiger partial charge in [0, 0.05) is 6.42 Å². The van der Waals surface area contributed by atoms with Crippen LogP contribution in [0.3, 0.4) is 0 Å². The summed E-state index contributed by atoms with van der Waals surface area (Å²) in [5.41, 5.74) is -0.263. The van der Waals surface area contributed by atoms with E-state index in [1.807, 2.05) is 0 Å². The van der Waals surface area contributed by atoms with Gasteiger partial charge in [0.2, 0.25) is 0 Å². The third-order valence-electron chi connectivity index (χ3n) is 5.56. The molecule has 2 saturated carbocycles. The lowest BCUT2D eigenvalue weighted by Crippen LogP contribution is -2.36. The van der Waals surface area contributed by atoms with Crippen molar-refractivity contribution in [3.63, 3.8) is 0 Å². The van der Waals surface area contributed by atoms with Crippen LogP contribution in [0, 0.1) is 23.7 Å². The molecule has 0 aromatic heterocycles. The molecule has 0 spiro atoms. The maximum absolute atomic E-state index is 12.2. The molecular weight excluding hydrogens is 236 g/mol. The van der Waals surface area contributed by atoms with Crippen molar-refractivity contribution in [2.75, 3.05) is 0 Å². The summed E-state index contributed by atoms with van der Waals surface area (Å²) in [6.07, 6.45) is 12.8. The largest absolute Gasteiger partial charge is 0.459 e. The fourth-order valence-corrected chi connectivity index (χ4v) is 4.38. The molecule has 0 N–H and O–H groups in total. The summed E-state index contributed by atoms with van der Waals surface area (Å²) in [5.74, 6) is 2.53. The number of fused-ring (bicyclic) bond motifs is 2. The highest BCUT2D eigenvalue weighted by molar-refractivity contribution is 5.70. The third kappa shape index (κ3) is 2.73. The molecule has 0 amide bonds. The van der Waals surface area contributed by atoms with Crippen LogP contribution in [-0.2, 0) is 9.53 Å². The summed E-state index contributed by atoms with van der Waals surface area (Å²) < 4.78 is 5.83. The molecular formula is C17H26O2. The van der Waals surface area contributed by atoms with Gasteiger partial charge in [0.05, 0.1) is 0 Å². The molecule has 2 fully saturated rings. The minimum absolute atomic E-state index is 0.0304. The SMILES string of the molecule is CC(C)(OC(=O)CC1CC2C=CC1C2)C1CCCC1. The predicted octanol–water partition coefficient (Wildman–Crippen LogP) is 4.10. The van der Waals surface area contributed by atoms with E-state index in [1.54, 1.807) is 0 Å². The Morgan fingerprint density at radius 2 is 1.95 bits per heavy atom. The van der Waals surface area contributed by atoms with Crippen molar-refractivity contribution in [2.45, 2.75) is 64.4 Å². The smallest absolute Gasteiger partial charge is 0.306 e. The second kappa shape index (κ2) is 4.96. The van der Waals surface area contributed by atoms with Crippen LogP contribution in [0.2, 0.25) is 0 Å². The first-order chi connectivity index (χ1) is 9.04. The van der Waals surface area contributed by atoms with Crippen LogP contribution in [0.25, 0.3) is 0 Å². The molecule has 2 bridgehead atoms. The molecule has 3 aliphatic rings. The fourth-order valence-electron chi connectivity index (χ4n) is 4.38. The maximum atomic E-state index is 12.2. The molecule has 3 rings (SSSR count). The van der Waals surface area contributed by atoms with Crippen LogP contribution in [0.15, 0.2) is 12.2 Å². The van der Waals surface area contributed by atoms with Crippen LogP contribution >= 0.6 is 0 Å². The number of ether oxygens (including phenoxy) is 1. The van der Waals surface area contributed by atoms with Crippen molar-refractivity contribution >= 4 is 5.97 Å². The summed E-state index contributed by atoms with van der Waals surface area (Å²) in [6, 6.07) is 0. The molecule has 0 aromatic rings. The van der Waals surface area contributed by atoms with Gasteiger partial charge in [-0.3, -0.25) is 4.79 Å². The first kappa shape index (κ1) is 13.2.